The third-order valence-electron chi connectivity index (χ3n) is 2.23. The Bertz CT molecular complexity index is 543. The maximum Gasteiger partial charge on any atom is 0.344 e. The number of nitrogens with zero attached hydrogens (tertiary/aromatic N) is 1. The van der Waals surface area contributed by atoms with Crippen LogP contribution in [0.2, 0.25) is 0 Å². The van der Waals surface area contributed by atoms with Crippen LogP contribution in [0, 0.1) is 0 Å². The van der Waals surface area contributed by atoms with E-state index >= 15 is 0 Å². The third kappa shape index (κ3) is 3.01. The average molecular weight is 229 g/mol. The monoisotopic (exact) mass is 229 g/mol. The average Bonchev–Trinajstić information content (AvgIpc) is 2.38. The highest BCUT2D eigenvalue weighted by Crippen LogP contribution is 1.98. The van der Waals surface area contributed by atoms with Gasteiger partial charge in [-0.3, -0.25) is 4.79 Å². The van der Waals surface area contributed by atoms with Crippen molar-refractivity contribution in [1.82, 2.24) is 15.3 Å². The van der Waals surface area contributed by atoms with Crippen LogP contribution in [0.25, 0.3) is 0 Å². The Labute approximate surface area is 97.5 Å². The molecule has 0 aliphatic carbocycles. The van der Waals surface area contributed by atoms with E-state index in [9.17, 15) is 9.59 Å². The molecule has 0 spiro atoms. The van der Waals surface area contributed by atoms with Gasteiger partial charge in [0.05, 0.1) is 5.56 Å². The first-order valence-electron chi connectivity index (χ1n) is 5.12. The van der Waals surface area contributed by atoms with Crippen molar-refractivity contribution in [3.05, 3.63) is 64.3 Å². The SMILES string of the molecule is O=C(NCc1ccccc1)c1cnc(=O)[nH]c1. The number of carbonyl (C=O) groups is 1. The molecule has 2 N–H and O–H groups in total. The predicted octanol–water partition coefficient (Wildman–Crippen LogP) is 0.700. The summed E-state index contributed by atoms with van der Waals surface area (Å²) in [6, 6.07) is 9.57. The zero-order valence-electron chi connectivity index (χ0n) is 9.01. The van der Waals surface area contributed by atoms with E-state index in [-0.39, 0.29) is 5.91 Å². The summed E-state index contributed by atoms with van der Waals surface area (Å²) >= 11 is 0. The van der Waals surface area contributed by atoms with Crippen molar-refractivity contribution in [2.24, 2.45) is 0 Å². The molecule has 5 nitrogen and oxygen atoms in total. The molecule has 0 saturated carbocycles. The summed E-state index contributed by atoms with van der Waals surface area (Å²) in [4.78, 5) is 28.2. The van der Waals surface area contributed by atoms with Gasteiger partial charge in [0, 0.05) is 18.9 Å². The second-order valence-corrected chi connectivity index (χ2v) is 3.48. The van der Waals surface area contributed by atoms with Crippen LogP contribution in [0.3, 0.4) is 0 Å². The van der Waals surface area contributed by atoms with Crippen molar-refractivity contribution in [2.75, 3.05) is 0 Å². The molecule has 0 aliphatic rings. The van der Waals surface area contributed by atoms with E-state index in [1.165, 1.54) is 12.4 Å². The van der Waals surface area contributed by atoms with Crippen LogP contribution >= 0.6 is 0 Å². The smallest absolute Gasteiger partial charge is 0.344 e. The van der Waals surface area contributed by atoms with Crippen LogP contribution < -0.4 is 11.0 Å². The molecule has 0 atom stereocenters. The van der Waals surface area contributed by atoms with E-state index < -0.39 is 5.69 Å². The van der Waals surface area contributed by atoms with E-state index in [2.05, 4.69) is 15.3 Å². The lowest BCUT2D eigenvalue weighted by Crippen LogP contribution is -2.24. The lowest BCUT2D eigenvalue weighted by Gasteiger charge is -2.04. The highest BCUT2D eigenvalue weighted by atomic mass is 16.2. The molecular weight excluding hydrogens is 218 g/mol. The van der Waals surface area contributed by atoms with Gasteiger partial charge in [0.25, 0.3) is 5.91 Å². The predicted molar refractivity (Wildman–Crippen MR) is 62.5 cm³/mol. The summed E-state index contributed by atoms with van der Waals surface area (Å²) in [6.45, 7) is 0.443. The van der Waals surface area contributed by atoms with E-state index in [4.69, 9.17) is 0 Å². The Morgan fingerprint density at radius 3 is 2.71 bits per heavy atom. The third-order valence-corrected chi connectivity index (χ3v) is 2.23. The number of aromatic nitrogens is 2. The number of H-pyrrole nitrogens is 1. The standard InChI is InChI=1S/C12H11N3O2/c16-11(10-7-14-12(17)15-8-10)13-6-9-4-2-1-3-5-9/h1-5,7-8H,6H2,(H,13,16)(H,14,15,17). The Balaban J connectivity index is 1.98. The molecule has 2 aromatic rings. The lowest BCUT2D eigenvalue weighted by atomic mass is 10.2. The summed E-state index contributed by atoms with van der Waals surface area (Å²) in [5, 5.41) is 2.73. The van der Waals surface area contributed by atoms with Crippen LogP contribution in [0.5, 0.6) is 0 Å². The van der Waals surface area contributed by atoms with Crippen molar-refractivity contribution in [3.63, 3.8) is 0 Å². The summed E-state index contributed by atoms with van der Waals surface area (Å²) in [5.74, 6) is -0.266. The summed E-state index contributed by atoms with van der Waals surface area (Å²) < 4.78 is 0. The molecule has 5 heteroatoms. The van der Waals surface area contributed by atoms with Gasteiger partial charge in [-0.05, 0) is 5.56 Å². The summed E-state index contributed by atoms with van der Waals surface area (Å²) in [5.41, 5.74) is 0.878. The molecular formula is C12H11N3O2. The lowest BCUT2D eigenvalue weighted by molar-refractivity contribution is 0.0950. The molecule has 1 heterocycles. The largest absolute Gasteiger partial charge is 0.348 e. The normalized spacial score (nSPS) is 9.88. The number of carbonyl (C=O) groups excluding carboxylic acids is 1. The van der Waals surface area contributed by atoms with E-state index in [1.54, 1.807) is 0 Å². The molecule has 86 valence electrons. The number of nitrogens with one attached hydrogen (secondary N) is 2. The van der Waals surface area contributed by atoms with Crippen LogP contribution in [-0.4, -0.2) is 15.9 Å². The molecule has 17 heavy (non-hydrogen) atoms. The molecule has 0 aliphatic heterocycles. The fourth-order valence-corrected chi connectivity index (χ4v) is 1.35. The van der Waals surface area contributed by atoms with E-state index in [0.717, 1.165) is 5.56 Å². The minimum Gasteiger partial charge on any atom is -0.348 e. The molecule has 0 radical (unpaired) electrons. The Morgan fingerprint density at radius 1 is 1.29 bits per heavy atom. The maximum atomic E-state index is 11.7. The van der Waals surface area contributed by atoms with Crippen LogP contribution in [0.15, 0.2) is 47.5 Å². The minimum absolute atomic E-state index is 0.266. The van der Waals surface area contributed by atoms with Crippen LogP contribution in [0.1, 0.15) is 15.9 Å². The second-order valence-electron chi connectivity index (χ2n) is 3.48. The molecule has 1 amide bonds. The highest BCUT2D eigenvalue weighted by Gasteiger charge is 2.05. The fourth-order valence-electron chi connectivity index (χ4n) is 1.35. The Morgan fingerprint density at radius 2 is 2.06 bits per heavy atom. The van der Waals surface area contributed by atoms with Gasteiger partial charge in [-0.25, -0.2) is 9.78 Å². The van der Waals surface area contributed by atoms with Crippen molar-refractivity contribution >= 4 is 5.91 Å². The first-order chi connectivity index (χ1) is 8.25. The molecule has 0 unspecified atom stereocenters. The molecule has 0 bridgehead atoms. The van der Waals surface area contributed by atoms with Gasteiger partial charge < -0.3 is 10.3 Å². The zero-order chi connectivity index (χ0) is 12.1. The number of rotatable bonds is 3. The molecule has 0 fully saturated rings. The number of benzene rings is 1. The molecule has 2 rings (SSSR count). The van der Waals surface area contributed by atoms with Gasteiger partial charge in [-0.15, -0.1) is 0 Å². The van der Waals surface area contributed by atoms with E-state index in [1.807, 2.05) is 30.3 Å². The number of hydrogen-bond acceptors (Lipinski definition) is 3. The van der Waals surface area contributed by atoms with Crippen molar-refractivity contribution in [3.8, 4) is 0 Å². The van der Waals surface area contributed by atoms with Crippen molar-refractivity contribution in [2.45, 2.75) is 6.54 Å². The quantitative estimate of drug-likeness (QED) is 0.813. The van der Waals surface area contributed by atoms with Gasteiger partial charge >= 0.3 is 5.69 Å². The highest BCUT2D eigenvalue weighted by molar-refractivity contribution is 5.93. The Kier molecular flexibility index (Phi) is 3.30. The number of amides is 1. The maximum absolute atomic E-state index is 11.7. The Hall–Kier alpha value is -2.43. The fraction of sp³-hybridized carbons (Fsp3) is 0.0833. The number of aromatic amines is 1. The molecule has 0 saturated heterocycles. The summed E-state index contributed by atoms with van der Waals surface area (Å²) in [6.07, 6.45) is 2.59. The van der Waals surface area contributed by atoms with Gasteiger partial charge in [-0.2, -0.15) is 0 Å². The van der Waals surface area contributed by atoms with Crippen molar-refractivity contribution < 1.29 is 4.79 Å². The topological polar surface area (TPSA) is 74.8 Å². The van der Waals surface area contributed by atoms with Gasteiger partial charge in [0.15, 0.2) is 0 Å². The van der Waals surface area contributed by atoms with E-state index in [0.29, 0.717) is 12.1 Å². The molecule has 1 aromatic heterocycles. The molecule has 1 aromatic carbocycles. The van der Waals surface area contributed by atoms with Gasteiger partial charge in [0.2, 0.25) is 0 Å². The van der Waals surface area contributed by atoms with Gasteiger partial charge in [-0.1, -0.05) is 30.3 Å². The second kappa shape index (κ2) is 5.07. The minimum atomic E-state index is -0.468. The van der Waals surface area contributed by atoms with Gasteiger partial charge in [0.1, 0.15) is 0 Å². The summed E-state index contributed by atoms with van der Waals surface area (Å²) in [7, 11) is 0. The van der Waals surface area contributed by atoms with Crippen LogP contribution in [-0.2, 0) is 6.54 Å². The first-order valence-corrected chi connectivity index (χ1v) is 5.12. The number of hydrogen-bond donors (Lipinski definition) is 2. The van der Waals surface area contributed by atoms with Crippen LogP contribution in [0.4, 0.5) is 0 Å². The zero-order valence-corrected chi connectivity index (χ0v) is 9.01. The first kappa shape index (κ1) is 11.1. The van der Waals surface area contributed by atoms with Crippen molar-refractivity contribution in [1.29, 1.82) is 0 Å².